The highest BCUT2D eigenvalue weighted by molar-refractivity contribution is 7.16. The lowest BCUT2D eigenvalue weighted by atomic mass is 10.3. The van der Waals surface area contributed by atoms with Gasteiger partial charge in [-0.25, -0.2) is 4.39 Å². The second kappa shape index (κ2) is 8.59. The van der Waals surface area contributed by atoms with E-state index in [4.69, 9.17) is 20.6 Å². The Bertz CT molecular complexity index is 1130. The number of benzene rings is 2. The first kappa shape index (κ1) is 19.5. The molecule has 0 fully saturated rings. The number of terminal acetylenes is 1. The summed E-state index contributed by atoms with van der Waals surface area (Å²) < 4.78 is 32.1. The number of aromatic nitrogens is 1. The zero-order chi connectivity index (χ0) is 20.1. The number of nitrogens with zero attached hydrogens (tertiary/aromatic N) is 2. The van der Waals surface area contributed by atoms with Gasteiger partial charge in [0.05, 0.1) is 20.8 Å². The SMILES string of the molecule is C#CCn1c(=NC(=O)COc2ccccc2F)sc2c(OC)ccc(OC)c21. The van der Waals surface area contributed by atoms with Gasteiger partial charge >= 0.3 is 0 Å². The molecule has 3 aromatic rings. The molecule has 0 aliphatic heterocycles. The summed E-state index contributed by atoms with van der Waals surface area (Å²) in [5.74, 6) is 2.62. The summed E-state index contributed by atoms with van der Waals surface area (Å²) in [5, 5.41) is 0. The van der Waals surface area contributed by atoms with Crippen molar-refractivity contribution in [3.8, 4) is 29.6 Å². The van der Waals surface area contributed by atoms with E-state index in [1.165, 1.54) is 29.5 Å². The lowest BCUT2D eigenvalue weighted by Gasteiger charge is -2.08. The standard InChI is InChI=1S/C20H17FN2O4S/c1-4-11-23-18-15(25-2)9-10-16(26-3)19(18)28-20(23)22-17(24)12-27-14-8-6-5-7-13(14)21/h1,5-10H,11-12H2,2-3H3. The number of halogens is 1. The molecule has 0 bridgehead atoms. The van der Waals surface area contributed by atoms with Gasteiger partial charge in [0.2, 0.25) is 0 Å². The number of amides is 1. The molecule has 1 amide bonds. The minimum Gasteiger partial charge on any atom is -0.495 e. The summed E-state index contributed by atoms with van der Waals surface area (Å²) in [6, 6.07) is 9.37. The van der Waals surface area contributed by atoms with Gasteiger partial charge in [-0.2, -0.15) is 4.99 Å². The van der Waals surface area contributed by atoms with Crippen LogP contribution in [0.15, 0.2) is 41.4 Å². The number of hydrogen-bond donors (Lipinski definition) is 0. The van der Waals surface area contributed by atoms with Crippen LogP contribution in [0.3, 0.4) is 0 Å². The highest BCUT2D eigenvalue weighted by Crippen LogP contribution is 2.35. The van der Waals surface area contributed by atoms with Crippen LogP contribution >= 0.6 is 11.3 Å². The lowest BCUT2D eigenvalue weighted by Crippen LogP contribution is -2.19. The molecule has 6 nitrogen and oxygen atoms in total. The average Bonchev–Trinajstić information content (AvgIpc) is 3.05. The predicted molar refractivity (Wildman–Crippen MR) is 104 cm³/mol. The van der Waals surface area contributed by atoms with Gasteiger partial charge in [0.15, 0.2) is 23.0 Å². The summed E-state index contributed by atoms with van der Waals surface area (Å²) in [5.41, 5.74) is 0.686. The second-order valence-corrected chi connectivity index (χ2v) is 6.52. The van der Waals surface area contributed by atoms with E-state index in [1.54, 1.807) is 37.0 Å². The molecular formula is C20H17FN2O4S. The van der Waals surface area contributed by atoms with Gasteiger partial charge < -0.3 is 18.8 Å². The molecule has 0 saturated carbocycles. The summed E-state index contributed by atoms with van der Waals surface area (Å²) in [7, 11) is 3.10. The number of ether oxygens (including phenoxy) is 3. The molecule has 2 aromatic carbocycles. The Labute approximate surface area is 164 Å². The zero-order valence-corrected chi connectivity index (χ0v) is 16.1. The van der Waals surface area contributed by atoms with Crippen molar-refractivity contribution in [3.63, 3.8) is 0 Å². The minimum absolute atomic E-state index is 0.0118. The van der Waals surface area contributed by atoms with Crippen LogP contribution in [0, 0.1) is 18.2 Å². The van der Waals surface area contributed by atoms with E-state index in [9.17, 15) is 9.18 Å². The maximum atomic E-state index is 13.6. The second-order valence-electron chi connectivity index (χ2n) is 5.55. The average molecular weight is 400 g/mol. The van der Waals surface area contributed by atoms with Crippen LogP contribution in [0.1, 0.15) is 0 Å². The molecule has 0 aliphatic carbocycles. The first-order valence-corrected chi connectivity index (χ1v) is 9.03. The zero-order valence-electron chi connectivity index (χ0n) is 15.3. The van der Waals surface area contributed by atoms with Crippen molar-refractivity contribution in [2.45, 2.75) is 6.54 Å². The Hall–Kier alpha value is -3.31. The van der Waals surface area contributed by atoms with Gasteiger partial charge in [-0.05, 0) is 24.3 Å². The van der Waals surface area contributed by atoms with Crippen molar-refractivity contribution in [2.75, 3.05) is 20.8 Å². The maximum Gasteiger partial charge on any atom is 0.286 e. The smallest absolute Gasteiger partial charge is 0.286 e. The van der Waals surface area contributed by atoms with E-state index in [0.29, 0.717) is 21.8 Å². The van der Waals surface area contributed by atoms with Crippen LogP contribution in [0.25, 0.3) is 10.2 Å². The topological polar surface area (TPSA) is 62.1 Å². The van der Waals surface area contributed by atoms with E-state index in [2.05, 4.69) is 10.9 Å². The molecular weight excluding hydrogens is 383 g/mol. The number of hydrogen-bond acceptors (Lipinski definition) is 5. The fourth-order valence-corrected chi connectivity index (χ4v) is 3.77. The molecule has 0 radical (unpaired) electrons. The molecule has 144 valence electrons. The van der Waals surface area contributed by atoms with Gasteiger partial charge in [0.25, 0.3) is 5.91 Å². The van der Waals surface area contributed by atoms with E-state index >= 15 is 0 Å². The van der Waals surface area contributed by atoms with E-state index in [-0.39, 0.29) is 12.3 Å². The summed E-state index contributed by atoms with van der Waals surface area (Å²) >= 11 is 1.24. The molecule has 0 aliphatic rings. The number of carbonyl (C=O) groups excluding carboxylic acids is 1. The fourth-order valence-electron chi connectivity index (χ4n) is 2.62. The van der Waals surface area contributed by atoms with E-state index < -0.39 is 18.3 Å². The number of carbonyl (C=O) groups is 1. The number of para-hydroxylation sites is 1. The van der Waals surface area contributed by atoms with Gasteiger partial charge in [0, 0.05) is 0 Å². The molecule has 0 unspecified atom stereocenters. The van der Waals surface area contributed by atoms with E-state index in [1.807, 2.05) is 0 Å². The third-order valence-corrected chi connectivity index (χ3v) is 4.94. The Morgan fingerprint density at radius 2 is 1.89 bits per heavy atom. The van der Waals surface area contributed by atoms with E-state index in [0.717, 1.165) is 4.70 Å². The summed E-state index contributed by atoms with van der Waals surface area (Å²) in [6.07, 6.45) is 5.49. The van der Waals surface area contributed by atoms with Crippen LogP contribution in [0.5, 0.6) is 17.2 Å². The third kappa shape index (κ3) is 3.85. The first-order valence-electron chi connectivity index (χ1n) is 8.21. The quantitative estimate of drug-likeness (QED) is 0.597. The molecule has 0 atom stereocenters. The molecule has 0 saturated heterocycles. The van der Waals surface area contributed by atoms with Gasteiger partial charge in [-0.1, -0.05) is 29.4 Å². The molecule has 1 aromatic heterocycles. The number of fused-ring (bicyclic) bond motifs is 1. The molecule has 3 rings (SSSR count). The van der Waals surface area contributed by atoms with Gasteiger partial charge in [0.1, 0.15) is 21.7 Å². The van der Waals surface area contributed by atoms with Crippen molar-refractivity contribution >= 4 is 27.5 Å². The lowest BCUT2D eigenvalue weighted by molar-refractivity contribution is -0.120. The third-order valence-electron chi connectivity index (χ3n) is 3.85. The highest BCUT2D eigenvalue weighted by atomic mass is 32.1. The molecule has 8 heteroatoms. The van der Waals surface area contributed by atoms with Crippen molar-refractivity contribution in [1.82, 2.24) is 4.57 Å². The maximum absolute atomic E-state index is 13.6. The van der Waals surface area contributed by atoms with Crippen LogP contribution < -0.4 is 19.0 Å². The van der Waals surface area contributed by atoms with Crippen LogP contribution in [-0.4, -0.2) is 31.3 Å². The first-order chi connectivity index (χ1) is 13.6. The van der Waals surface area contributed by atoms with Gasteiger partial charge in [-0.3, -0.25) is 4.79 Å². The van der Waals surface area contributed by atoms with Crippen LogP contribution in [0.4, 0.5) is 4.39 Å². The Morgan fingerprint density at radius 3 is 2.57 bits per heavy atom. The van der Waals surface area contributed by atoms with Crippen molar-refractivity contribution in [3.05, 3.63) is 47.0 Å². The number of thiazole rings is 1. The monoisotopic (exact) mass is 400 g/mol. The predicted octanol–water partition coefficient (Wildman–Crippen LogP) is 3.00. The fraction of sp³-hybridized carbons (Fsp3) is 0.200. The van der Waals surface area contributed by atoms with Gasteiger partial charge in [-0.15, -0.1) is 6.42 Å². The molecule has 28 heavy (non-hydrogen) atoms. The van der Waals surface area contributed by atoms with Crippen LogP contribution in [0.2, 0.25) is 0 Å². The minimum atomic E-state index is -0.571. The number of methoxy groups -OCH3 is 2. The molecule has 1 heterocycles. The Kier molecular flexibility index (Phi) is 5.96. The van der Waals surface area contributed by atoms with Crippen molar-refractivity contribution in [1.29, 1.82) is 0 Å². The Balaban J connectivity index is 2.01. The summed E-state index contributed by atoms with van der Waals surface area (Å²) in [6.45, 7) is -0.219. The van der Waals surface area contributed by atoms with Crippen LogP contribution in [-0.2, 0) is 11.3 Å². The Morgan fingerprint density at radius 1 is 1.18 bits per heavy atom. The highest BCUT2D eigenvalue weighted by Gasteiger charge is 2.16. The molecule has 0 N–H and O–H groups in total. The number of rotatable bonds is 6. The van der Waals surface area contributed by atoms with Crippen molar-refractivity contribution < 1.29 is 23.4 Å². The largest absolute Gasteiger partial charge is 0.495 e. The summed E-state index contributed by atoms with van der Waals surface area (Å²) in [4.78, 5) is 16.8. The van der Waals surface area contributed by atoms with Crippen molar-refractivity contribution in [2.24, 2.45) is 4.99 Å². The molecule has 0 spiro atoms. The normalized spacial score (nSPS) is 11.3.